The predicted molar refractivity (Wildman–Crippen MR) is 156 cm³/mol. The van der Waals surface area contributed by atoms with Crippen molar-refractivity contribution in [3.05, 3.63) is 67.4 Å². The van der Waals surface area contributed by atoms with Crippen molar-refractivity contribution in [2.24, 2.45) is 0 Å². The minimum Gasteiger partial charge on any atom is -0.492 e. The molecule has 208 valence electrons. The lowest BCUT2D eigenvalue weighted by Gasteiger charge is -2.35. The number of amides is 1. The Morgan fingerprint density at radius 1 is 1.08 bits per heavy atom. The Morgan fingerprint density at radius 3 is 2.44 bits per heavy atom. The van der Waals surface area contributed by atoms with Gasteiger partial charge in [0.2, 0.25) is 0 Å². The molecule has 1 aliphatic carbocycles. The number of carbonyl (C=O) groups excluding carboxylic acids is 1. The van der Waals surface area contributed by atoms with E-state index in [4.69, 9.17) is 9.47 Å². The molecule has 8 heteroatoms. The molecule has 3 aromatic rings. The average molecular weight is 550 g/mol. The Labute approximate surface area is 234 Å². The molecule has 1 fully saturated rings. The molecular formula is C31H39N3O4S. The van der Waals surface area contributed by atoms with Crippen LogP contribution in [0.4, 0.5) is 0 Å². The van der Waals surface area contributed by atoms with Gasteiger partial charge in [-0.15, -0.1) is 11.3 Å². The molecule has 39 heavy (non-hydrogen) atoms. The minimum atomic E-state index is -0.130. The van der Waals surface area contributed by atoms with Gasteiger partial charge in [-0.25, -0.2) is 0 Å². The van der Waals surface area contributed by atoms with Crippen molar-refractivity contribution in [3.63, 3.8) is 0 Å². The first-order chi connectivity index (χ1) is 18.7. The third-order valence-electron chi connectivity index (χ3n) is 8.36. The molecule has 2 aliphatic rings. The van der Waals surface area contributed by atoms with E-state index in [9.17, 15) is 9.59 Å². The van der Waals surface area contributed by atoms with Crippen molar-refractivity contribution in [2.45, 2.75) is 71.6 Å². The number of methoxy groups -OCH3 is 1. The number of ether oxygens (including phenoxy) is 2. The van der Waals surface area contributed by atoms with Crippen LogP contribution in [0.2, 0.25) is 0 Å². The number of aryl methyl sites for hydroxylation is 2. The highest BCUT2D eigenvalue weighted by Gasteiger charge is 2.35. The highest BCUT2D eigenvalue weighted by molar-refractivity contribution is 7.13. The van der Waals surface area contributed by atoms with Crippen LogP contribution in [-0.2, 0) is 13.0 Å². The van der Waals surface area contributed by atoms with Gasteiger partial charge in [0.25, 0.3) is 11.5 Å². The summed E-state index contributed by atoms with van der Waals surface area (Å²) in [6, 6.07) is 6.64. The fourth-order valence-corrected chi connectivity index (χ4v) is 7.01. The van der Waals surface area contributed by atoms with Crippen LogP contribution in [0.3, 0.4) is 0 Å². The van der Waals surface area contributed by atoms with Gasteiger partial charge in [-0.3, -0.25) is 9.59 Å². The standard InChI is InChI=1S/C31H39N3O4S/c1-18-16-19(2)32-30(35)24(18)17-34-14-13-23-26(31(34)36)20(3)28(29(37-6)27(23)25-8-7-15-39-25)38-22-11-9-21(10-12-22)33(4)5/h7-8,15-16,21-22H,9-14,17H2,1-6H3,(H,32,35)/t21-,22-. The Balaban J connectivity index is 1.56. The fraction of sp³-hybridized carbons (Fsp3) is 0.484. The van der Waals surface area contributed by atoms with E-state index in [-0.39, 0.29) is 24.1 Å². The van der Waals surface area contributed by atoms with Gasteiger partial charge in [0.1, 0.15) is 0 Å². The summed E-state index contributed by atoms with van der Waals surface area (Å²) >= 11 is 1.64. The molecule has 1 N–H and O–H groups in total. The maximum absolute atomic E-state index is 14.1. The lowest BCUT2D eigenvalue weighted by atomic mass is 9.87. The first-order valence-corrected chi connectivity index (χ1v) is 14.7. The van der Waals surface area contributed by atoms with E-state index in [1.807, 2.05) is 38.3 Å². The molecule has 5 rings (SSSR count). The molecule has 0 unspecified atom stereocenters. The number of nitrogens with one attached hydrogen (secondary N) is 1. The van der Waals surface area contributed by atoms with Gasteiger partial charge in [-0.2, -0.15) is 0 Å². The molecule has 0 bridgehead atoms. The quantitative estimate of drug-likeness (QED) is 0.422. The molecule has 0 atom stereocenters. The van der Waals surface area contributed by atoms with Gasteiger partial charge < -0.3 is 24.3 Å². The number of hydrogen-bond acceptors (Lipinski definition) is 6. The maximum atomic E-state index is 14.1. The maximum Gasteiger partial charge on any atom is 0.254 e. The Bertz CT molecular complexity index is 1420. The number of benzene rings is 1. The average Bonchev–Trinajstić information content (AvgIpc) is 3.43. The molecule has 3 heterocycles. The number of aromatic nitrogens is 1. The molecule has 2 aromatic heterocycles. The van der Waals surface area contributed by atoms with Crippen LogP contribution in [0.1, 0.15) is 64.0 Å². The molecule has 0 saturated heterocycles. The van der Waals surface area contributed by atoms with E-state index in [2.05, 4.69) is 30.0 Å². The monoisotopic (exact) mass is 549 g/mol. The zero-order valence-electron chi connectivity index (χ0n) is 23.8. The second kappa shape index (κ2) is 11.2. The second-order valence-corrected chi connectivity index (χ2v) is 12.1. The summed E-state index contributed by atoms with van der Waals surface area (Å²) in [5.41, 5.74) is 5.70. The Hall–Kier alpha value is -3.10. The number of nitrogens with zero attached hydrogens (tertiary/aromatic N) is 2. The third kappa shape index (κ3) is 5.24. The van der Waals surface area contributed by atoms with E-state index in [0.717, 1.165) is 64.3 Å². The van der Waals surface area contributed by atoms with Crippen molar-refractivity contribution in [1.29, 1.82) is 0 Å². The SMILES string of the molecule is COc1c(O[C@H]2CC[C@H](N(C)C)CC2)c(C)c2c(c1-c1cccs1)CCN(Cc1c(C)cc(C)[nH]c1=O)C2=O. The fourth-order valence-electron chi connectivity index (χ4n) is 6.22. The molecule has 7 nitrogen and oxygen atoms in total. The normalized spacial score (nSPS) is 19.4. The van der Waals surface area contributed by atoms with Crippen molar-refractivity contribution < 1.29 is 14.3 Å². The van der Waals surface area contributed by atoms with Crippen molar-refractivity contribution in [1.82, 2.24) is 14.8 Å². The van der Waals surface area contributed by atoms with Crippen LogP contribution in [0.15, 0.2) is 28.4 Å². The smallest absolute Gasteiger partial charge is 0.254 e. The predicted octanol–water partition coefficient (Wildman–Crippen LogP) is 5.49. The van der Waals surface area contributed by atoms with E-state index in [1.54, 1.807) is 23.3 Å². The molecule has 1 saturated carbocycles. The number of H-pyrrole nitrogens is 1. The summed E-state index contributed by atoms with van der Waals surface area (Å²) in [6.07, 6.45) is 4.85. The summed E-state index contributed by atoms with van der Waals surface area (Å²) in [5, 5.41) is 2.05. The molecule has 0 radical (unpaired) electrons. The number of hydrogen-bond donors (Lipinski definition) is 1. The number of aromatic amines is 1. The number of rotatable bonds is 7. The van der Waals surface area contributed by atoms with Gasteiger partial charge in [-0.05, 0) is 95.6 Å². The van der Waals surface area contributed by atoms with E-state index < -0.39 is 0 Å². The number of pyridine rings is 1. The van der Waals surface area contributed by atoms with E-state index in [1.165, 1.54) is 0 Å². The zero-order chi connectivity index (χ0) is 27.8. The summed E-state index contributed by atoms with van der Waals surface area (Å²) < 4.78 is 12.8. The summed E-state index contributed by atoms with van der Waals surface area (Å²) in [4.78, 5) is 34.9. The Morgan fingerprint density at radius 2 is 1.82 bits per heavy atom. The van der Waals surface area contributed by atoms with Crippen LogP contribution in [0.5, 0.6) is 11.5 Å². The van der Waals surface area contributed by atoms with Crippen LogP contribution in [0.25, 0.3) is 10.4 Å². The minimum absolute atomic E-state index is 0.0604. The van der Waals surface area contributed by atoms with Gasteiger partial charge in [-0.1, -0.05) is 6.07 Å². The molecular weight excluding hydrogens is 510 g/mol. The number of thiophene rings is 1. The molecule has 1 aromatic carbocycles. The van der Waals surface area contributed by atoms with Gasteiger partial charge in [0.15, 0.2) is 11.5 Å². The van der Waals surface area contributed by atoms with E-state index >= 15 is 0 Å². The number of fused-ring (bicyclic) bond motifs is 1. The van der Waals surface area contributed by atoms with Crippen LogP contribution < -0.4 is 15.0 Å². The van der Waals surface area contributed by atoms with Crippen LogP contribution in [0, 0.1) is 20.8 Å². The largest absolute Gasteiger partial charge is 0.492 e. The lowest BCUT2D eigenvalue weighted by Crippen LogP contribution is -2.40. The summed E-state index contributed by atoms with van der Waals surface area (Å²) in [7, 11) is 5.97. The lowest BCUT2D eigenvalue weighted by molar-refractivity contribution is 0.0722. The molecule has 1 aliphatic heterocycles. The number of carbonyl (C=O) groups is 1. The highest BCUT2D eigenvalue weighted by Crippen LogP contribution is 2.49. The van der Waals surface area contributed by atoms with Crippen molar-refractivity contribution >= 4 is 17.2 Å². The van der Waals surface area contributed by atoms with Gasteiger partial charge in [0, 0.05) is 39.8 Å². The first kappa shape index (κ1) is 27.5. The first-order valence-electron chi connectivity index (χ1n) is 13.8. The topological polar surface area (TPSA) is 74.9 Å². The van der Waals surface area contributed by atoms with Crippen LogP contribution in [-0.4, -0.2) is 60.6 Å². The van der Waals surface area contributed by atoms with Gasteiger partial charge in [0.05, 0.1) is 25.3 Å². The van der Waals surface area contributed by atoms with Crippen molar-refractivity contribution in [2.75, 3.05) is 27.7 Å². The third-order valence-corrected chi connectivity index (χ3v) is 9.25. The second-order valence-electron chi connectivity index (χ2n) is 11.1. The highest BCUT2D eigenvalue weighted by atomic mass is 32.1. The summed E-state index contributed by atoms with van der Waals surface area (Å²) in [6.45, 7) is 6.60. The van der Waals surface area contributed by atoms with Crippen molar-refractivity contribution in [3.8, 4) is 21.9 Å². The van der Waals surface area contributed by atoms with Crippen LogP contribution >= 0.6 is 11.3 Å². The molecule has 1 amide bonds. The van der Waals surface area contributed by atoms with E-state index in [0.29, 0.717) is 35.9 Å². The Kier molecular flexibility index (Phi) is 7.87. The summed E-state index contributed by atoms with van der Waals surface area (Å²) in [5.74, 6) is 1.33. The molecule has 0 spiro atoms. The zero-order valence-corrected chi connectivity index (χ0v) is 24.7. The van der Waals surface area contributed by atoms with Gasteiger partial charge >= 0.3 is 0 Å².